The van der Waals surface area contributed by atoms with Crippen LogP contribution in [0.4, 0.5) is 4.39 Å². The average molecular weight is 372 g/mol. The average Bonchev–Trinajstić information content (AvgIpc) is 2.57. The normalized spacial score (nSPS) is 13.0. The third kappa shape index (κ3) is 4.96. The van der Waals surface area contributed by atoms with Crippen LogP contribution in [0.15, 0.2) is 48.5 Å². The maximum absolute atomic E-state index is 12.9. The monoisotopic (exact) mass is 372 g/mol. The number of ether oxygens (including phenoxy) is 1. The number of halogens is 1. The minimum Gasteiger partial charge on any atom is -0.465 e. The predicted molar refractivity (Wildman–Crippen MR) is 93.2 cm³/mol. The Labute approximate surface area is 142 Å². The van der Waals surface area contributed by atoms with Gasteiger partial charge in [-0.15, -0.1) is 0 Å². The van der Waals surface area contributed by atoms with E-state index in [4.69, 9.17) is 20.9 Å². The van der Waals surface area contributed by atoms with Gasteiger partial charge in [0.05, 0.1) is 12.7 Å². The molecule has 0 fully saturated rings. The summed E-state index contributed by atoms with van der Waals surface area (Å²) in [5.74, 6) is 0.144. The Morgan fingerprint density at radius 1 is 1.04 bits per heavy atom. The first kappa shape index (κ1) is 17.8. The third-order valence-electron chi connectivity index (χ3n) is 2.75. The van der Waals surface area contributed by atoms with E-state index in [2.05, 4.69) is 4.74 Å². The van der Waals surface area contributed by atoms with E-state index < -0.39 is 11.7 Å². The molecule has 0 aliphatic heterocycles. The summed E-state index contributed by atoms with van der Waals surface area (Å²) in [4.78, 5) is 11.4. The molecule has 0 aliphatic carbocycles. The first-order valence-electron chi connectivity index (χ1n) is 6.45. The molecule has 2 aromatic rings. The van der Waals surface area contributed by atoms with Crippen LogP contribution in [0.3, 0.4) is 0 Å². The van der Waals surface area contributed by atoms with E-state index >= 15 is 0 Å². The van der Waals surface area contributed by atoms with Crippen molar-refractivity contribution in [3.8, 4) is 11.5 Å². The van der Waals surface area contributed by atoms with Crippen molar-refractivity contribution in [3.05, 3.63) is 59.9 Å². The summed E-state index contributed by atoms with van der Waals surface area (Å²) in [6, 6.07) is 12.0. The van der Waals surface area contributed by atoms with Crippen LogP contribution in [-0.4, -0.2) is 19.3 Å². The topological polar surface area (TPSA) is 44.8 Å². The van der Waals surface area contributed by atoms with Gasteiger partial charge in [-0.05, 0) is 78.0 Å². The molecule has 2 aromatic carbocycles. The Balaban J connectivity index is 2.12. The number of rotatable bonds is 6. The fraction of sp³-hybridized carbons (Fsp3) is 0.133. The summed E-state index contributed by atoms with van der Waals surface area (Å²) in [5, 5.41) is 0. The van der Waals surface area contributed by atoms with Gasteiger partial charge in [-0.25, -0.2) is 9.18 Å². The zero-order chi connectivity index (χ0) is 16.9. The smallest absolute Gasteiger partial charge is 0.348 e. The van der Waals surface area contributed by atoms with Crippen molar-refractivity contribution >= 4 is 34.9 Å². The van der Waals surface area contributed by atoms with Crippen LogP contribution >= 0.6 is 17.1 Å². The Kier molecular flexibility index (Phi) is 6.04. The number of carbonyl (C=O) groups excluding carboxylic acids is 1. The largest absolute Gasteiger partial charge is 0.465 e. The molecule has 0 heterocycles. The van der Waals surface area contributed by atoms with E-state index in [1.54, 1.807) is 30.5 Å². The van der Waals surface area contributed by atoms with E-state index in [0.29, 0.717) is 17.1 Å². The maximum Gasteiger partial charge on any atom is 0.348 e. The van der Waals surface area contributed by atoms with Crippen molar-refractivity contribution in [2.24, 2.45) is 0 Å². The molecule has 4 nitrogen and oxygen atoms in total. The van der Waals surface area contributed by atoms with Gasteiger partial charge in [-0.2, -0.15) is 0 Å². The number of hydrogen-bond acceptors (Lipinski definition) is 6. The summed E-state index contributed by atoms with van der Waals surface area (Å²) in [6.45, 7) is 0. The van der Waals surface area contributed by atoms with E-state index in [1.807, 2.05) is 0 Å². The molecule has 2 rings (SSSR count). The minimum atomic E-state index is -2.69. The molecule has 0 unspecified atom stereocenters. The highest BCUT2D eigenvalue weighted by molar-refractivity contribution is 8.67. The van der Waals surface area contributed by atoms with Crippen LogP contribution in [0.2, 0.25) is 0 Å². The Morgan fingerprint density at radius 3 is 1.96 bits per heavy atom. The SMILES string of the molecule is COC(=O)c1ccc(O[P@](=S)(Oc2ccc(F)cc2)SC)cc1. The van der Waals surface area contributed by atoms with Crippen LogP contribution in [0.5, 0.6) is 11.5 Å². The fourth-order valence-electron chi connectivity index (χ4n) is 1.62. The summed E-state index contributed by atoms with van der Waals surface area (Å²) in [7, 11) is 1.32. The molecule has 0 amide bonds. The van der Waals surface area contributed by atoms with Gasteiger partial charge in [0.25, 0.3) is 0 Å². The van der Waals surface area contributed by atoms with Crippen LogP contribution in [0, 0.1) is 5.82 Å². The lowest BCUT2D eigenvalue weighted by molar-refractivity contribution is 0.0600. The fourth-order valence-corrected chi connectivity index (χ4v) is 4.04. The van der Waals surface area contributed by atoms with Gasteiger partial charge in [0, 0.05) is 0 Å². The molecular formula is C15H14FO4PS2. The quantitative estimate of drug-likeness (QED) is 0.543. The van der Waals surface area contributed by atoms with E-state index in [0.717, 1.165) is 0 Å². The number of methoxy groups -OCH3 is 1. The molecule has 23 heavy (non-hydrogen) atoms. The van der Waals surface area contributed by atoms with Crippen LogP contribution in [-0.2, 0) is 16.5 Å². The molecule has 0 saturated heterocycles. The number of esters is 1. The Bertz CT molecular complexity index is 719. The Morgan fingerprint density at radius 2 is 1.52 bits per heavy atom. The highest BCUT2D eigenvalue weighted by Crippen LogP contribution is 2.58. The van der Waals surface area contributed by atoms with Crippen molar-refractivity contribution in [3.63, 3.8) is 0 Å². The molecule has 122 valence electrons. The molecule has 8 heteroatoms. The van der Waals surface area contributed by atoms with Crippen molar-refractivity contribution < 1.29 is 23.0 Å². The van der Waals surface area contributed by atoms with Gasteiger partial charge in [-0.3, -0.25) is 0 Å². The lowest BCUT2D eigenvalue weighted by atomic mass is 10.2. The molecule has 0 saturated carbocycles. The zero-order valence-corrected chi connectivity index (χ0v) is 14.9. The highest BCUT2D eigenvalue weighted by atomic mass is 32.9. The second-order valence-corrected chi connectivity index (χ2v) is 10.6. The van der Waals surface area contributed by atoms with E-state index in [9.17, 15) is 9.18 Å². The van der Waals surface area contributed by atoms with Gasteiger partial charge in [0.2, 0.25) is 0 Å². The van der Waals surface area contributed by atoms with Crippen LogP contribution in [0.25, 0.3) is 0 Å². The van der Waals surface area contributed by atoms with E-state index in [1.165, 1.54) is 42.8 Å². The number of benzene rings is 2. The second-order valence-electron chi connectivity index (χ2n) is 4.28. The standard InChI is InChI=1S/C15H14FO4PS2/c1-18-15(17)11-3-7-13(8-4-11)19-21(22,23-2)20-14-9-5-12(16)6-10-14/h3-10H,1-2H3/t21-/m1/s1. The van der Waals surface area contributed by atoms with Gasteiger partial charge in [0.1, 0.15) is 17.3 Å². The summed E-state index contributed by atoms with van der Waals surface area (Å²) >= 11 is 6.73. The zero-order valence-electron chi connectivity index (χ0n) is 12.4. The lowest BCUT2D eigenvalue weighted by Crippen LogP contribution is -2.01. The van der Waals surface area contributed by atoms with Gasteiger partial charge >= 0.3 is 11.7 Å². The summed E-state index contributed by atoms with van der Waals surface area (Å²) < 4.78 is 29.1. The highest BCUT2D eigenvalue weighted by Gasteiger charge is 2.21. The number of carbonyl (C=O) groups is 1. The molecule has 0 spiro atoms. The van der Waals surface area contributed by atoms with Crippen LogP contribution < -0.4 is 9.05 Å². The van der Waals surface area contributed by atoms with Gasteiger partial charge in [-0.1, -0.05) is 0 Å². The minimum absolute atomic E-state index is 0.353. The van der Waals surface area contributed by atoms with Crippen molar-refractivity contribution in [1.29, 1.82) is 0 Å². The van der Waals surface area contributed by atoms with Gasteiger partial charge < -0.3 is 13.8 Å². The molecule has 0 bridgehead atoms. The molecule has 0 aliphatic rings. The lowest BCUT2D eigenvalue weighted by Gasteiger charge is -2.21. The molecule has 0 aromatic heterocycles. The summed E-state index contributed by atoms with van der Waals surface area (Å²) in [5.41, 5.74) is -2.28. The summed E-state index contributed by atoms with van der Waals surface area (Å²) in [6.07, 6.45) is 1.78. The second kappa shape index (κ2) is 7.81. The first-order chi connectivity index (χ1) is 11.0. The van der Waals surface area contributed by atoms with Crippen molar-refractivity contribution in [1.82, 2.24) is 0 Å². The molecule has 0 N–H and O–H groups in total. The van der Waals surface area contributed by atoms with Crippen molar-refractivity contribution in [2.75, 3.05) is 13.4 Å². The molecule has 1 atom stereocenters. The van der Waals surface area contributed by atoms with Gasteiger partial charge in [0.15, 0.2) is 0 Å². The Hall–Kier alpha value is -1.56. The molecular weight excluding hydrogens is 358 g/mol. The first-order valence-corrected chi connectivity index (χ1v) is 10.9. The van der Waals surface area contributed by atoms with Crippen LogP contribution in [0.1, 0.15) is 10.4 Å². The maximum atomic E-state index is 12.9. The molecule has 0 radical (unpaired) electrons. The van der Waals surface area contributed by atoms with Crippen molar-refractivity contribution in [2.45, 2.75) is 0 Å². The van der Waals surface area contributed by atoms with E-state index in [-0.39, 0.29) is 5.82 Å². The predicted octanol–water partition coefficient (Wildman–Crippen LogP) is 4.66. The number of hydrogen-bond donors (Lipinski definition) is 0. The third-order valence-corrected chi connectivity index (χ3v) is 7.64.